The van der Waals surface area contributed by atoms with Crippen LogP contribution in [0, 0.1) is 0 Å². The van der Waals surface area contributed by atoms with Crippen molar-refractivity contribution >= 4 is 12.6 Å². The maximum absolute atomic E-state index is 4.13. The maximum Gasteiger partial charge on any atom is 0.0163 e. The fourth-order valence-electron chi connectivity index (χ4n) is 1.62. The van der Waals surface area contributed by atoms with E-state index in [0.29, 0.717) is 0 Å². The topological polar surface area (TPSA) is 3.24 Å². The SMILES string of the molecule is SC/C=C/CN1CCCCCC1. The van der Waals surface area contributed by atoms with Gasteiger partial charge in [-0.15, -0.1) is 0 Å². The van der Waals surface area contributed by atoms with Crippen molar-refractivity contribution in [1.29, 1.82) is 0 Å². The molecule has 0 spiro atoms. The van der Waals surface area contributed by atoms with Gasteiger partial charge in [-0.05, 0) is 25.9 Å². The molecule has 0 saturated carbocycles. The molecule has 2 heteroatoms. The first-order chi connectivity index (χ1) is 5.93. The van der Waals surface area contributed by atoms with Crippen molar-refractivity contribution in [2.45, 2.75) is 25.7 Å². The smallest absolute Gasteiger partial charge is 0.0163 e. The molecule has 0 atom stereocenters. The van der Waals surface area contributed by atoms with Crippen LogP contribution in [-0.2, 0) is 0 Å². The highest BCUT2D eigenvalue weighted by Crippen LogP contribution is 2.08. The van der Waals surface area contributed by atoms with Crippen LogP contribution >= 0.6 is 12.6 Å². The third-order valence-corrected chi connectivity index (χ3v) is 2.55. The van der Waals surface area contributed by atoms with Gasteiger partial charge in [0.1, 0.15) is 0 Å². The maximum atomic E-state index is 4.13. The second kappa shape index (κ2) is 6.55. The quantitative estimate of drug-likeness (QED) is 0.522. The summed E-state index contributed by atoms with van der Waals surface area (Å²) in [6, 6.07) is 0. The lowest BCUT2D eigenvalue weighted by atomic mass is 10.2. The molecule has 0 bridgehead atoms. The standard InChI is InChI=1S/C10H19NS/c12-10-6-5-9-11-7-3-1-2-4-8-11/h5-6,12H,1-4,7-10H2/b6-5+. The van der Waals surface area contributed by atoms with Gasteiger partial charge in [0.2, 0.25) is 0 Å². The van der Waals surface area contributed by atoms with E-state index in [1.54, 1.807) is 0 Å². The third-order valence-electron chi connectivity index (χ3n) is 2.33. The zero-order valence-electron chi connectivity index (χ0n) is 7.71. The molecule has 1 aliphatic rings. The summed E-state index contributed by atoms with van der Waals surface area (Å²) in [5.41, 5.74) is 0. The Balaban J connectivity index is 2.16. The molecular formula is C10H19NS. The van der Waals surface area contributed by atoms with Gasteiger partial charge in [0, 0.05) is 12.3 Å². The Morgan fingerprint density at radius 1 is 1.00 bits per heavy atom. The predicted molar refractivity (Wildman–Crippen MR) is 57.9 cm³/mol. The normalized spacial score (nSPS) is 21.4. The van der Waals surface area contributed by atoms with Crippen molar-refractivity contribution in [3.8, 4) is 0 Å². The van der Waals surface area contributed by atoms with Gasteiger partial charge in [0.05, 0.1) is 0 Å². The molecule has 0 aromatic rings. The summed E-state index contributed by atoms with van der Waals surface area (Å²) in [5.74, 6) is 0.869. The minimum absolute atomic E-state index is 0.869. The summed E-state index contributed by atoms with van der Waals surface area (Å²) in [5, 5.41) is 0. The van der Waals surface area contributed by atoms with Gasteiger partial charge < -0.3 is 0 Å². The van der Waals surface area contributed by atoms with Crippen LogP contribution in [0.4, 0.5) is 0 Å². The summed E-state index contributed by atoms with van der Waals surface area (Å²) in [6.45, 7) is 3.70. The van der Waals surface area contributed by atoms with Crippen molar-refractivity contribution in [3.63, 3.8) is 0 Å². The molecule has 0 aliphatic carbocycles. The van der Waals surface area contributed by atoms with Crippen LogP contribution in [0.15, 0.2) is 12.2 Å². The lowest BCUT2D eigenvalue weighted by molar-refractivity contribution is 0.316. The summed E-state index contributed by atoms with van der Waals surface area (Å²) < 4.78 is 0. The molecule has 1 fully saturated rings. The van der Waals surface area contributed by atoms with E-state index in [2.05, 4.69) is 29.7 Å². The summed E-state index contributed by atoms with van der Waals surface area (Å²) >= 11 is 4.13. The van der Waals surface area contributed by atoms with E-state index in [-0.39, 0.29) is 0 Å². The number of nitrogens with zero attached hydrogens (tertiary/aromatic N) is 1. The molecule has 1 aliphatic heterocycles. The highest BCUT2D eigenvalue weighted by molar-refractivity contribution is 7.80. The third kappa shape index (κ3) is 4.17. The van der Waals surface area contributed by atoms with Crippen LogP contribution in [0.5, 0.6) is 0 Å². The van der Waals surface area contributed by atoms with Crippen LogP contribution in [-0.4, -0.2) is 30.3 Å². The van der Waals surface area contributed by atoms with Gasteiger partial charge in [-0.1, -0.05) is 25.0 Å². The molecule has 0 unspecified atom stereocenters. The summed E-state index contributed by atoms with van der Waals surface area (Å²) in [7, 11) is 0. The van der Waals surface area contributed by atoms with Gasteiger partial charge >= 0.3 is 0 Å². The molecule has 12 heavy (non-hydrogen) atoms. The van der Waals surface area contributed by atoms with E-state index < -0.39 is 0 Å². The number of hydrogen-bond donors (Lipinski definition) is 1. The Morgan fingerprint density at radius 2 is 1.67 bits per heavy atom. The van der Waals surface area contributed by atoms with Crippen molar-refractivity contribution in [1.82, 2.24) is 4.90 Å². The van der Waals surface area contributed by atoms with Gasteiger partial charge in [-0.3, -0.25) is 4.90 Å². The molecule has 0 aromatic heterocycles. The van der Waals surface area contributed by atoms with Gasteiger partial charge in [-0.25, -0.2) is 0 Å². The first-order valence-electron chi connectivity index (χ1n) is 4.91. The second-order valence-electron chi connectivity index (χ2n) is 3.37. The summed E-state index contributed by atoms with van der Waals surface area (Å²) in [4.78, 5) is 2.53. The highest BCUT2D eigenvalue weighted by atomic mass is 32.1. The van der Waals surface area contributed by atoms with Gasteiger partial charge in [0.25, 0.3) is 0 Å². The molecule has 1 saturated heterocycles. The van der Waals surface area contributed by atoms with Crippen LogP contribution in [0.2, 0.25) is 0 Å². The minimum atomic E-state index is 0.869. The molecule has 0 N–H and O–H groups in total. The second-order valence-corrected chi connectivity index (χ2v) is 3.73. The molecule has 0 radical (unpaired) electrons. The van der Waals surface area contributed by atoms with Crippen LogP contribution < -0.4 is 0 Å². The monoisotopic (exact) mass is 185 g/mol. The summed E-state index contributed by atoms with van der Waals surface area (Å²) in [6.07, 6.45) is 9.98. The zero-order chi connectivity index (χ0) is 8.65. The average Bonchev–Trinajstić information content (AvgIpc) is 2.33. The van der Waals surface area contributed by atoms with Crippen molar-refractivity contribution in [3.05, 3.63) is 12.2 Å². The Kier molecular flexibility index (Phi) is 5.53. The van der Waals surface area contributed by atoms with E-state index in [1.165, 1.54) is 38.8 Å². The molecule has 1 nitrogen and oxygen atoms in total. The molecular weight excluding hydrogens is 166 g/mol. The Morgan fingerprint density at radius 3 is 2.25 bits per heavy atom. The average molecular weight is 185 g/mol. The first kappa shape index (κ1) is 10.1. The Bertz CT molecular complexity index is 126. The Hall–Kier alpha value is 0.0500. The van der Waals surface area contributed by atoms with E-state index in [4.69, 9.17) is 0 Å². The lowest BCUT2D eigenvalue weighted by Gasteiger charge is -2.16. The van der Waals surface area contributed by atoms with Gasteiger partial charge in [-0.2, -0.15) is 12.6 Å². The molecule has 1 rings (SSSR count). The highest BCUT2D eigenvalue weighted by Gasteiger charge is 2.05. The van der Waals surface area contributed by atoms with E-state index in [9.17, 15) is 0 Å². The molecule has 0 amide bonds. The molecule has 0 aromatic carbocycles. The molecule has 1 heterocycles. The minimum Gasteiger partial charge on any atom is -0.300 e. The lowest BCUT2D eigenvalue weighted by Crippen LogP contribution is -2.24. The van der Waals surface area contributed by atoms with Crippen molar-refractivity contribution in [2.24, 2.45) is 0 Å². The Labute approximate surface area is 81.2 Å². The van der Waals surface area contributed by atoms with E-state index in [0.717, 1.165) is 12.3 Å². The van der Waals surface area contributed by atoms with Crippen molar-refractivity contribution < 1.29 is 0 Å². The van der Waals surface area contributed by atoms with E-state index >= 15 is 0 Å². The van der Waals surface area contributed by atoms with Gasteiger partial charge in [0.15, 0.2) is 0 Å². The van der Waals surface area contributed by atoms with Crippen LogP contribution in [0.25, 0.3) is 0 Å². The zero-order valence-corrected chi connectivity index (χ0v) is 8.60. The largest absolute Gasteiger partial charge is 0.300 e. The van der Waals surface area contributed by atoms with Crippen LogP contribution in [0.3, 0.4) is 0 Å². The number of hydrogen-bond acceptors (Lipinski definition) is 2. The molecule has 70 valence electrons. The first-order valence-corrected chi connectivity index (χ1v) is 5.55. The fourth-order valence-corrected chi connectivity index (χ4v) is 1.77. The van der Waals surface area contributed by atoms with Crippen LogP contribution in [0.1, 0.15) is 25.7 Å². The number of rotatable bonds is 3. The van der Waals surface area contributed by atoms with Crippen molar-refractivity contribution in [2.75, 3.05) is 25.4 Å². The fraction of sp³-hybridized carbons (Fsp3) is 0.800. The van der Waals surface area contributed by atoms with E-state index in [1.807, 2.05) is 0 Å². The number of thiol groups is 1. The predicted octanol–water partition coefficient (Wildman–Crippen LogP) is 2.35. The number of likely N-dealkylation sites (tertiary alicyclic amines) is 1.